The van der Waals surface area contributed by atoms with Crippen molar-refractivity contribution in [1.82, 2.24) is 4.57 Å². The van der Waals surface area contributed by atoms with Crippen LogP contribution in [0.2, 0.25) is 0 Å². The van der Waals surface area contributed by atoms with Crippen LogP contribution in [0, 0.1) is 0 Å². The van der Waals surface area contributed by atoms with Crippen molar-refractivity contribution in [1.29, 1.82) is 0 Å². The van der Waals surface area contributed by atoms with Crippen molar-refractivity contribution in [2.24, 2.45) is 0 Å². The van der Waals surface area contributed by atoms with Gasteiger partial charge in [0.1, 0.15) is 0 Å². The van der Waals surface area contributed by atoms with Crippen LogP contribution in [-0.4, -0.2) is 10.4 Å². The van der Waals surface area contributed by atoms with Crippen molar-refractivity contribution in [3.8, 4) is 0 Å². The lowest BCUT2D eigenvalue weighted by Crippen LogP contribution is -2.18. The number of rotatable bonds is 3. The van der Waals surface area contributed by atoms with E-state index < -0.39 is 0 Å². The van der Waals surface area contributed by atoms with Gasteiger partial charge in [0.2, 0.25) is 0 Å². The fourth-order valence-corrected chi connectivity index (χ4v) is 4.38. The van der Waals surface area contributed by atoms with E-state index in [0.717, 1.165) is 58.1 Å². The van der Waals surface area contributed by atoms with Crippen molar-refractivity contribution in [3.05, 3.63) is 93.1 Å². The monoisotopic (exact) mass is 367 g/mol. The lowest BCUT2D eigenvalue weighted by molar-refractivity contribution is 0.103. The standard InChI is InChI=1S/C25H21NO2/c1-2-3-12-26-22-11-7-6-10-19(22)25(28)21-14-17-13-16-8-4-5-9-18(16)24(27)20(17)15-23(21)26/h4-11,14-15H,2-3,12-13H2,1H3. The molecule has 0 spiro atoms. The molecule has 1 aliphatic rings. The zero-order valence-electron chi connectivity index (χ0n) is 15.9. The minimum atomic E-state index is 0.0486. The molecule has 1 heterocycles. The molecule has 0 bridgehead atoms. The van der Waals surface area contributed by atoms with E-state index in [0.29, 0.717) is 11.8 Å². The van der Waals surface area contributed by atoms with Crippen molar-refractivity contribution >= 4 is 27.6 Å². The molecule has 0 atom stereocenters. The third-order valence-corrected chi connectivity index (χ3v) is 5.82. The molecule has 0 unspecified atom stereocenters. The molecule has 5 rings (SSSR count). The van der Waals surface area contributed by atoms with Gasteiger partial charge >= 0.3 is 0 Å². The number of carbonyl (C=O) groups excluding carboxylic acids is 1. The number of hydrogen-bond donors (Lipinski definition) is 0. The lowest BCUT2D eigenvalue weighted by atomic mass is 9.84. The number of carbonyl (C=O) groups is 1. The Morgan fingerprint density at radius 3 is 2.46 bits per heavy atom. The molecule has 138 valence electrons. The number of fused-ring (bicyclic) bond motifs is 4. The first-order valence-electron chi connectivity index (χ1n) is 9.90. The van der Waals surface area contributed by atoms with E-state index in [1.54, 1.807) is 0 Å². The third kappa shape index (κ3) is 2.43. The largest absolute Gasteiger partial charge is 0.340 e. The highest BCUT2D eigenvalue weighted by Gasteiger charge is 2.24. The summed E-state index contributed by atoms with van der Waals surface area (Å²) in [6.07, 6.45) is 2.78. The Hall–Kier alpha value is -3.20. The second-order valence-electron chi connectivity index (χ2n) is 7.54. The van der Waals surface area contributed by atoms with Crippen LogP contribution in [0.25, 0.3) is 21.8 Å². The first kappa shape index (κ1) is 16.9. The van der Waals surface area contributed by atoms with Crippen LogP contribution >= 0.6 is 0 Å². The second kappa shape index (κ2) is 6.45. The minimum Gasteiger partial charge on any atom is -0.340 e. The SMILES string of the molecule is CCCCn1c2ccccc2c(=O)c2cc3c(cc21)C(=O)c1ccccc1C3. The summed E-state index contributed by atoms with van der Waals surface area (Å²) in [5.41, 5.74) is 5.34. The third-order valence-electron chi connectivity index (χ3n) is 5.82. The van der Waals surface area contributed by atoms with Crippen molar-refractivity contribution in [3.63, 3.8) is 0 Å². The molecule has 0 aliphatic heterocycles. The summed E-state index contributed by atoms with van der Waals surface area (Å²) in [5, 5.41) is 1.45. The molecule has 0 N–H and O–H groups in total. The van der Waals surface area contributed by atoms with Crippen LogP contribution in [0.5, 0.6) is 0 Å². The van der Waals surface area contributed by atoms with Gasteiger partial charge in [-0.3, -0.25) is 9.59 Å². The summed E-state index contributed by atoms with van der Waals surface area (Å²) in [4.78, 5) is 26.4. The number of hydrogen-bond acceptors (Lipinski definition) is 2. The van der Waals surface area contributed by atoms with Gasteiger partial charge in [-0.25, -0.2) is 0 Å². The van der Waals surface area contributed by atoms with Gasteiger partial charge in [-0.05, 0) is 48.2 Å². The van der Waals surface area contributed by atoms with Crippen LogP contribution in [-0.2, 0) is 13.0 Å². The Morgan fingerprint density at radius 2 is 1.61 bits per heavy atom. The van der Waals surface area contributed by atoms with Gasteiger partial charge < -0.3 is 4.57 Å². The minimum absolute atomic E-state index is 0.0486. The van der Waals surface area contributed by atoms with Crippen molar-refractivity contribution < 1.29 is 4.79 Å². The van der Waals surface area contributed by atoms with Gasteiger partial charge in [0.15, 0.2) is 11.2 Å². The van der Waals surface area contributed by atoms with E-state index in [1.165, 1.54) is 0 Å². The van der Waals surface area contributed by atoms with E-state index in [-0.39, 0.29) is 11.2 Å². The summed E-state index contributed by atoms with van der Waals surface area (Å²) < 4.78 is 2.21. The molecule has 3 nitrogen and oxygen atoms in total. The Balaban J connectivity index is 1.85. The Kier molecular flexibility index (Phi) is 3.90. The lowest BCUT2D eigenvalue weighted by Gasteiger charge is -2.21. The number of benzene rings is 3. The fraction of sp³-hybridized carbons (Fsp3) is 0.200. The predicted octanol–water partition coefficient (Wildman–Crippen LogP) is 5.09. The van der Waals surface area contributed by atoms with Gasteiger partial charge in [0.25, 0.3) is 0 Å². The van der Waals surface area contributed by atoms with E-state index in [9.17, 15) is 9.59 Å². The van der Waals surface area contributed by atoms with Crippen LogP contribution in [0.4, 0.5) is 0 Å². The molecular formula is C25H21NO2. The molecule has 1 aliphatic carbocycles. The van der Waals surface area contributed by atoms with Crippen LogP contribution in [0.1, 0.15) is 46.8 Å². The maximum Gasteiger partial charge on any atom is 0.197 e. The highest BCUT2D eigenvalue weighted by Crippen LogP contribution is 2.31. The average molecular weight is 367 g/mol. The van der Waals surface area contributed by atoms with Crippen LogP contribution in [0.15, 0.2) is 65.5 Å². The van der Waals surface area contributed by atoms with Crippen molar-refractivity contribution in [2.45, 2.75) is 32.7 Å². The van der Waals surface area contributed by atoms with Gasteiger partial charge in [-0.1, -0.05) is 49.7 Å². The Morgan fingerprint density at radius 1 is 0.821 bits per heavy atom. The molecule has 0 fully saturated rings. The molecule has 0 saturated heterocycles. The number of nitrogens with zero attached hydrogens (tertiary/aromatic N) is 1. The Labute approximate surface area is 163 Å². The molecule has 3 aromatic carbocycles. The molecule has 0 amide bonds. The first-order valence-corrected chi connectivity index (χ1v) is 9.90. The fourth-order valence-electron chi connectivity index (χ4n) is 4.38. The smallest absolute Gasteiger partial charge is 0.197 e. The van der Waals surface area contributed by atoms with Crippen LogP contribution in [0.3, 0.4) is 0 Å². The number of para-hydroxylation sites is 1. The number of aromatic nitrogens is 1. The Bertz CT molecular complexity index is 1310. The second-order valence-corrected chi connectivity index (χ2v) is 7.54. The number of aryl methyl sites for hydroxylation is 1. The molecular weight excluding hydrogens is 346 g/mol. The van der Waals surface area contributed by atoms with Gasteiger partial charge in [0, 0.05) is 28.4 Å². The quantitative estimate of drug-likeness (QED) is 0.417. The van der Waals surface area contributed by atoms with Gasteiger partial charge in [-0.15, -0.1) is 0 Å². The summed E-state index contributed by atoms with van der Waals surface area (Å²) in [6, 6.07) is 19.5. The normalized spacial score (nSPS) is 13.0. The maximum atomic E-state index is 13.2. The highest BCUT2D eigenvalue weighted by molar-refractivity contribution is 6.14. The van der Waals surface area contributed by atoms with Gasteiger partial charge in [-0.2, -0.15) is 0 Å². The molecule has 0 radical (unpaired) electrons. The molecule has 3 heteroatoms. The summed E-state index contributed by atoms with van der Waals surface area (Å²) in [7, 11) is 0. The molecule has 1 aromatic heterocycles. The summed E-state index contributed by atoms with van der Waals surface area (Å²) >= 11 is 0. The molecule has 0 saturated carbocycles. The maximum absolute atomic E-state index is 13.2. The van der Waals surface area contributed by atoms with Gasteiger partial charge in [0.05, 0.1) is 11.0 Å². The zero-order valence-corrected chi connectivity index (χ0v) is 15.9. The van der Waals surface area contributed by atoms with E-state index in [1.807, 2.05) is 60.7 Å². The first-order chi connectivity index (χ1) is 13.7. The summed E-state index contributed by atoms with van der Waals surface area (Å²) in [6.45, 7) is 2.99. The topological polar surface area (TPSA) is 39.1 Å². The number of pyridine rings is 1. The van der Waals surface area contributed by atoms with Crippen molar-refractivity contribution in [2.75, 3.05) is 0 Å². The van der Waals surface area contributed by atoms with E-state index in [4.69, 9.17) is 0 Å². The van der Waals surface area contributed by atoms with E-state index in [2.05, 4.69) is 11.5 Å². The van der Waals surface area contributed by atoms with Crippen LogP contribution < -0.4 is 5.43 Å². The highest BCUT2D eigenvalue weighted by atomic mass is 16.1. The average Bonchev–Trinajstić information content (AvgIpc) is 2.73. The van der Waals surface area contributed by atoms with E-state index >= 15 is 0 Å². The number of unbranched alkanes of at least 4 members (excludes halogenated alkanes) is 1. The zero-order chi connectivity index (χ0) is 19.3. The predicted molar refractivity (Wildman–Crippen MR) is 113 cm³/mol. The number of ketones is 1. The summed E-state index contributed by atoms with van der Waals surface area (Å²) in [5.74, 6) is 0.0569. The molecule has 28 heavy (non-hydrogen) atoms. The molecule has 4 aromatic rings.